The molecule has 7 rings (SSSR count). The van der Waals surface area contributed by atoms with Crippen LogP contribution >= 0.6 is 0 Å². The van der Waals surface area contributed by atoms with Gasteiger partial charge < -0.3 is 50.6 Å². The molecule has 4 amide bonds. The largest absolute Gasteiger partial charge is 0.477 e. The van der Waals surface area contributed by atoms with E-state index in [0.29, 0.717) is 56.8 Å². The molecule has 0 unspecified atom stereocenters. The molecule has 2 aromatic heterocycles. The molecular weight excluding hydrogens is 816 g/mol. The van der Waals surface area contributed by atoms with Gasteiger partial charge in [0.1, 0.15) is 30.3 Å². The molecule has 1 aliphatic carbocycles. The molecule has 2 atom stereocenters. The van der Waals surface area contributed by atoms with E-state index in [0.717, 1.165) is 35.7 Å². The maximum absolute atomic E-state index is 15.4. The van der Waals surface area contributed by atoms with Crippen molar-refractivity contribution < 1.29 is 38.1 Å². The molecule has 0 bridgehead atoms. The Morgan fingerprint density at radius 3 is 2.35 bits per heavy atom. The number of aromatic nitrogens is 4. The Kier molecular flexibility index (Phi) is 14.0. The molecule has 0 spiro atoms. The monoisotopic (exact) mass is 866 g/mol. The van der Waals surface area contributed by atoms with E-state index in [4.69, 9.17) is 15.2 Å². The van der Waals surface area contributed by atoms with Gasteiger partial charge in [-0.3, -0.25) is 4.79 Å². The highest BCUT2D eigenvalue weighted by Gasteiger charge is 2.36. The zero-order valence-electron chi connectivity index (χ0n) is 34.9. The number of halogens is 1. The molecule has 1 saturated carbocycles. The fourth-order valence-corrected chi connectivity index (χ4v) is 7.62. The summed E-state index contributed by atoms with van der Waals surface area (Å²) >= 11 is 0. The molecular formula is C44H51FN10O8. The summed E-state index contributed by atoms with van der Waals surface area (Å²) in [5, 5.41) is 27.4. The molecule has 63 heavy (non-hydrogen) atoms. The number of carboxylic acids is 1. The number of benzene rings is 3. The number of carboxylic acid groups (broad SMARTS) is 1. The van der Waals surface area contributed by atoms with Gasteiger partial charge in [-0.05, 0) is 73.9 Å². The van der Waals surface area contributed by atoms with Crippen LogP contribution in [0, 0.1) is 11.7 Å². The third-order valence-electron chi connectivity index (χ3n) is 11.3. The Morgan fingerprint density at radius 2 is 1.67 bits per heavy atom. The molecule has 3 aromatic carbocycles. The molecule has 1 aliphatic heterocycles. The smallest absolute Gasteiger partial charge is 0.410 e. The van der Waals surface area contributed by atoms with E-state index >= 15 is 4.39 Å². The van der Waals surface area contributed by atoms with E-state index in [2.05, 4.69) is 26.3 Å². The minimum atomic E-state index is -1.37. The van der Waals surface area contributed by atoms with Crippen molar-refractivity contribution in [1.29, 1.82) is 0 Å². The first kappa shape index (κ1) is 43.9. The van der Waals surface area contributed by atoms with Crippen LogP contribution in [0.4, 0.5) is 30.1 Å². The number of piperazine rings is 1. The predicted octanol–water partition coefficient (Wildman–Crippen LogP) is 5.39. The van der Waals surface area contributed by atoms with Crippen molar-refractivity contribution >= 4 is 46.5 Å². The predicted molar refractivity (Wildman–Crippen MR) is 231 cm³/mol. The van der Waals surface area contributed by atoms with Gasteiger partial charge in [0.2, 0.25) is 5.43 Å². The molecule has 18 nitrogen and oxygen atoms in total. The van der Waals surface area contributed by atoms with Gasteiger partial charge in [-0.2, -0.15) is 0 Å². The van der Waals surface area contributed by atoms with Crippen molar-refractivity contribution in [2.45, 2.75) is 64.4 Å². The number of carbonyl (C=O) groups is 4. The maximum atomic E-state index is 15.4. The van der Waals surface area contributed by atoms with Crippen LogP contribution < -0.4 is 32.0 Å². The quantitative estimate of drug-likeness (QED) is 0.0699. The number of nitrogens with one attached hydrogen (secondary N) is 3. The van der Waals surface area contributed by atoms with Crippen molar-refractivity contribution in [3.8, 4) is 0 Å². The number of fused-ring (bicyclic) bond motifs is 1. The van der Waals surface area contributed by atoms with Crippen LogP contribution in [-0.4, -0.2) is 93.0 Å². The van der Waals surface area contributed by atoms with Gasteiger partial charge in [-0.15, -0.1) is 5.10 Å². The summed E-state index contributed by atoms with van der Waals surface area (Å²) in [4.78, 5) is 64.8. The number of urea groups is 1. The van der Waals surface area contributed by atoms with Gasteiger partial charge in [-0.25, -0.2) is 28.3 Å². The highest BCUT2D eigenvalue weighted by atomic mass is 19.1. The Morgan fingerprint density at radius 1 is 0.952 bits per heavy atom. The fraction of sp³-hybridized carbons (Fsp3) is 0.386. The van der Waals surface area contributed by atoms with E-state index < -0.39 is 41.0 Å². The normalized spacial score (nSPS) is 14.8. The van der Waals surface area contributed by atoms with Gasteiger partial charge in [0.05, 0.1) is 29.5 Å². The van der Waals surface area contributed by atoms with Gasteiger partial charge in [0.25, 0.3) is 0 Å². The van der Waals surface area contributed by atoms with Crippen LogP contribution in [0.3, 0.4) is 0 Å². The first-order chi connectivity index (χ1) is 30.5. The number of amides is 4. The highest BCUT2D eigenvalue weighted by Crippen LogP contribution is 2.40. The zero-order chi connectivity index (χ0) is 44.5. The molecule has 2 fully saturated rings. The molecule has 1 saturated heterocycles. The Labute approximate surface area is 362 Å². The number of pyridine rings is 1. The number of aromatic carboxylic acids is 1. The van der Waals surface area contributed by atoms with E-state index in [9.17, 15) is 29.1 Å². The summed E-state index contributed by atoms with van der Waals surface area (Å²) in [5.41, 5.74) is 7.92. The SMILES string of the molecule is CCn1cc(C(=O)O)c(=O)c2cc(F)c(N3CCN(C(=O)OCc4ccc(NC[C@H](CCCNC(N)=O)n5cc([C@@H](NC(=O)OCc6ccccc6)C6CC6)nn5)cc4)CC3)cc21. The molecule has 0 radical (unpaired) electrons. The van der Waals surface area contributed by atoms with Crippen LogP contribution in [0.25, 0.3) is 10.9 Å². The number of hydrogen-bond donors (Lipinski definition) is 5. The molecule has 6 N–H and O–H groups in total. The molecule has 3 heterocycles. The van der Waals surface area contributed by atoms with E-state index in [-0.39, 0.29) is 55.4 Å². The topological polar surface area (TPSA) is 228 Å². The lowest BCUT2D eigenvalue weighted by Gasteiger charge is -2.35. The lowest BCUT2D eigenvalue weighted by molar-refractivity contribution is 0.0694. The first-order valence-corrected chi connectivity index (χ1v) is 21.0. The Balaban J connectivity index is 0.910. The van der Waals surface area contributed by atoms with Gasteiger partial charge >= 0.3 is 24.2 Å². The summed E-state index contributed by atoms with van der Waals surface area (Å²) in [5.74, 6) is -1.79. The fourth-order valence-electron chi connectivity index (χ4n) is 7.62. The van der Waals surface area contributed by atoms with Crippen LogP contribution in [-0.2, 0) is 29.2 Å². The number of ether oxygens (including phenoxy) is 2. The standard InChI is InChI=1S/C44H51FN10O8/c1-2-52-24-34(41(57)58)40(56)33-21-35(45)38(22-37(33)52)53-17-19-54(20-18-53)44(61)63-27-29-10-14-31(15-11-29)48-23-32(9-6-16-47-42(46)59)55-25-36(50-51-55)39(30-12-13-30)49-43(60)62-26-28-7-4-3-5-8-28/h3-5,7-8,10-11,14-15,21-22,24-25,30,32,39,48H,2,6,9,12-13,16-20,23,26-27H2,1H3,(H,49,60)(H,57,58)(H3,46,47,59)/t32-,39-/m0/s1. The van der Waals surface area contributed by atoms with Crippen LogP contribution in [0.1, 0.15) is 71.9 Å². The average Bonchev–Trinajstić information content (AvgIpc) is 4.02. The first-order valence-electron chi connectivity index (χ1n) is 21.0. The number of anilines is 2. The van der Waals surface area contributed by atoms with Crippen molar-refractivity contribution in [3.05, 3.63) is 118 Å². The van der Waals surface area contributed by atoms with E-state index in [1.165, 1.54) is 6.20 Å². The third kappa shape index (κ3) is 11.2. The minimum absolute atomic E-state index is 0.00615. The van der Waals surface area contributed by atoms with Gasteiger partial charge in [0.15, 0.2) is 0 Å². The minimum Gasteiger partial charge on any atom is -0.477 e. The summed E-state index contributed by atoms with van der Waals surface area (Å²) in [6.45, 7) is 4.44. The Bertz CT molecular complexity index is 2470. The van der Waals surface area contributed by atoms with Crippen LogP contribution in [0.15, 0.2) is 83.9 Å². The number of rotatable bonds is 18. The maximum Gasteiger partial charge on any atom is 0.410 e. The molecule has 5 aromatic rings. The van der Waals surface area contributed by atoms with Crippen molar-refractivity contribution in [2.24, 2.45) is 11.7 Å². The second-order valence-corrected chi connectivity index (χ2v) is 15.6. The number of hydrogen-bond acceptors (Lipinski definition) is 11. The number of nitrogens with zero attached hydrogens (tertiary/aromatic N) is 6. The van der Waals surface area contributed by atoms with E-state index in [1.807, 2.05) is 60.8 Å². The zero-order valence-corrected chi connectivity index (χ0v) is 34.9. The number of nitrogens with two attached hydrogens (primary N) is 1. The van der Waals surface area contributed by atoms with E-state index in [1.54, 1.807) is 32.0 Å². The summed E-state index contributed by atoms with van der Waals surface area (Å²) < 4.78 is 29.8. The molecule has 19 heteroatoms. The van der Waals surface area contributed by atoms with Gasteiger partial charge in [0, 0.05) is 63.1 Å². The number of carbonyl (C=O) groups excluding carboxylic acids is 3. The number of primary amides is 1. The Hall–Kier alpha value is -7.18. The average molecular weight is 867 g/mol. The molecule has 332 valence electrons. The lowest BCUT2D eigenvalue weighted by atomic mass is 10.1. The van der Waals surface area contributed by atoms with Crippen LogP contribution in [0.5, 0.6) is 0 Å². The second kappa shape index (κ2) is 20.1. The summed E-state index contributed by atoms with van der Waals surface area (Å²) in [6, 6.07) is 18.5. The highest BCUT2D eigenvalue weighted by molar-refractivity contribution is 5.93. The van der Waals surface area contributed by atoms with Crippen molar-refractivity contribution in [3.63, 3.8) is 0 Å². The second-order valence-electron chi connectivity index (χ2n) is 15.6. The number of aryl methyl sites for hydroxylation is 1. The van der Waals surface area contributed by atoms with Crippen molar-refractivity contribution in [2.75, 3.05) is 49.5 Å². The molecule has 2 aliphatic rings. The van der Waals surface area contributed by atoms with Gasteiger partial charge in [-0.1, -0.05) is 47.7 Å². The van der Waals surface area contributed by atoms with Crippen molar-refractivity contribution in [1.82, 2.24) is 35.1 Å². The lowest BCUT2D eigenvalue weighted by Crippen LogP contribution is -2.49. The summed E-state index contributed by atoms with van der Waals surface area (Å²) in [6.07, 6.45) is 5.26. The third-order valence-corrected chi connectivity index (χ3v) is 11.3. The number of alkyl carbamates (subject to hydrolysis) is 1. The van der Waals surface area contributed by atoms with Crippen LogP contribution in [0.2, 0.25) is 0 Å². The summed E-state index contributed by atoms with van der Waals surface area (Å²) in [7, 11) is 0.